The number of hydrogen-bond donors (Lipinski definition) is 0. The molecule has 0 spiro atoms. The molecule has 0 aliphatic rings. The molecular formula is C20H14FN3O3S. The van der Waals surface area contributed by atoms with E-state index >= 15 is 0 Å². The number of ether oxygens (including phenoxy) is 1. The lowest BCUT2D eigenvalue weighted by molar-refractivity contribution is 0.414. The molecule has 28 heavy (non-hydrogen) atoms. The first-order chi connectivity index (χ1) is 13.5. The number of thiazole rings is 1. The van der Waals surface area contributed by atoms with E-state index in [1.165, 1.54) is 12.1 Å². The molecule has 2 aromatic carbocycles. The second-order valence-electron chi connectivity index (χ2n) is 6.05. The molecule has 2 aromatic heterocycles. The van der Waals surface area contributed by atoms with Crippen LogP contribution in [0.15, 0.2) is 58.1 Å². The van der Waals surface area contributed by atoms with Crippen molar-refractivity contribution in [2.75, 3.05) is 7.11 Å². The van der Waals surface area contributed by atoms with E-state index in [9.17, 15) is 14.0 Å². The summed E-state index contributed by atoms with van der Waals surface area (Å²) in [6, 6.07) is 13.0. The molecule has 0 saturated heterocycles. The Kier molecular flexibility index (Phi) is 4.70. The SMILES string of the molecule is COc1cccc(/C=c2\sc3nc(=O)c(Cc4ccc(F)cc4)nn3c2=O)c1. The van der Waals surface area contributed by atoms with Crippen LogP contribution in [0.2, 0.25) is 0 Å². The van der Waals surface area contributed by atoms with Gasteiger partial charge < -0.3 is 4.74 Å². The predicted octanol–water partition coefficient (Wildman–Crippen LogP) is 1.80. The van der Waals surface area contributed by atoms with Crippen molar-refractivity contribution < 1.29 is 9.13 Å². The van der Waals surface area contributed by atoms with Crippen molar-refractivity contribution in [3.63, 3.8) is 0 Å². The van der Waals surface area contributed by atoms with Gasteiger partial charge in [-0.25, -0.2) is 4.39 Å². The van der Waals surface area contributed by atoms with Crippen LogP contribution in [-0.2, 0) is 6.42 Å². The highest BCUT2D eigenvalue weighted by molar-refractivity contribution is 7.15. The molecule has 6 nitrogen and oxygen atoms in total. The molecule has 0 aliphatic heterocycles. The van der Waals surface area contributed by atoms with Crippen molar-refractivity contribution >= 4 is 22.4 Å². The van der Waals surface area contributed by atoms with E-state index in [2.05, 4.69) is 10.1 Å². The van der Waals surface area contributed by atoms with Gasteiger partial charge in [-0.2, -0.15) is 14.6 Å². The normalized spacial score (nSPS) is 11.9. The van der Waals surface area contributed by atoms with Crippen LogP contribution in [0.25, 0.3) is 11.0 Å². The summed E-state index contributed by atoms with van der Waals surface area (Å²) < 4.78 is 19.8. The first-order valence-electron chi connectivity index (χ1n) is 8.36. The van der Waals surface area contributed by atoms with Gasteiger partial charge in [0, 0.05) is 6.42 Å². The lowest BCUT2D eigenvalue weighted by Gasteiger charge is -2.00. The molecule has 4 rings (SSSR count). The van der Waals surface area contributed by atoms with Gasteiger partial charge in [-0.15, -0.1) is 0 Å². The van der Waals surface area contributed by atoms with Crippen molar-refractivity contribution in [1.82, 2.24) is 14.6 Å². The third kappa shape index (κ3) is 3.54. The molecule has 8 heteroatoms. The first-order valence-corrected chi connectivity index (χ1v) is 9.18. The summed E-state index contributed by atoms with van der Waals surface area (Å²) in [7, 11) is 1.57. The molecule has 0 N–H and O–H groups in total. The van der Waals surface area contributed by atoms with E-state index < -0.39 is 5.56 Å². The Bertz CT molecular complexity index is 1330. The zero-order valence-electron chi connectivity index (χ0n) is 14.8. The first kappa shape index (κ1) is 18.0. The molecular weight excluding hydrogens is 381 g/mol. The highest BCUT2D eigenvalue weighted by Gasteiger charge is 2.12. The van der Waals surface area contributed by atoms with Gasteiger partial charge in [0.15, 0.2) is 0 Å². The quantitative estimate of drug-likeness (QED) is 0.527. The monoisotopic (exact) mass is 395 g/mol. The maximum absolute atomic E-state index is 13.1. The van der Waals surface area contributed by atoms with Crippen molar-refractivity contribution in [3.8, 4) is 5.75 Å². The van der Waals surface area contributed by atoms with Gasteiger partial charge >= 0.3 is 0 Å². The highest BCUT2D eigenvalue weighted by Crippen LogP contribution is 2.13. The predicted molar refractivity (Wildman–Crippen MR) is 104 cm³/mol. The molecule has 4 aromatic rings. The van der Waals surface area contributed by atoms with Crippen molar-refractivity contribution in [2.24, 2.45) is 0 Å². The summed E-state index contributed by atoms with van der Waals surface area (Å²) in [5.41, 5.74) is 0.775. The molecule has 0 atom stereocenters. The van der Waals surface area contributed by atoms with E-state index in [0.717, 1.165) is 21.4 Å². The Morgan fingerprint density at radius 1 is 1.18 bits per heavy atom. The summed E-state index contributed by atoms with van der Waals surface area (Å²) in [5, 5.41) is 4.19. The van der Waals surface area contributed by atoms with Crippen LogP contribution in [-0.4, -0.2) is 21.7 Å². The number of hydrogen-bond acceptors (Lipinski definition) is 6. The number of halogens is 1. The molecule has 0 fully saturated rings. The van der Waals surface area contributed by atoms with E-state index in [1.807, 2.05) is 18.2 Å². The number of rotatable bonds is 4. The minimum Gasteiger partial charge on any atom is -0.497 e. The number of fused-ring (bicyclic) bond motifs is 1. The van der Waals surface area contributed by atoms with Crippen LogP contribution in [0.5, 0.6) is 5.75 Å². The molecule has 140 valence electrons. The maximum Gasteiger partial charge on any atom is 0.296 e. The Morgan fingerprint density at radius 3 is 2.71 bits per heavy atom. The van der Waals surface area contributed by atoms with Gasteiger partial charge in [0.2, 0.25) is 4.96 Å². The minimum atomic E-state index is -0.501. The summed E-state index contributed by atoms with van der Waals surface area (Å²) >= 11 is 1.09. The van der Waals surface area contributed by atoms with Crippen LogP contribution in [0.4, 0.5) is 4.39 Å². The summed E-state index contributed by atoms with van der Waals surface area (Å²) in [5.74, 6) is 0.314. The fraction of sp³-hybridized carbons (Fsp3) is 0.100. The lowest BCUT2D eigenvalue weighted by atomic mass is 10.1. The molecule has 0 radical (unpaired) electrons. The van der Waals surface area contributed by atoms with Crippen LogP contribution in [0, 0.1) is 5.82 Å². The number of nitrogens with zero attached hydrogens (tertiary/aromatic N) is 3. The van der Waals surface area contributed by atoms with Gasteiger partial charge in [0.25, 0.3) is 11.1 Å². The van der Waals surface area contributed by atoms with E-state index in [-0.39, 0.29) is 28.5 Å². The lowest BCUT2D eigenvalue weighted by Crippen LogP contribution is -2.28. The molecule has 0 unspecified atom stereocenters. The fourth-order valence-electron chi connectivity index (χ4n) is 2.73. The molecule has 0 aliphatic carbocycles. The Labute approximate surface area is 162 Å². The third-order valence-electron chi connectivity index (χ3n) is 4.13. The van der Waals surface area contributed by atoms with Crippen molar-refractivity contribution in [2.45, 2.75) is 6.42 Å². The highest BCUT2D eigenvalue weighted by atomic mass is 32.1. The van der Waals surface area contributed by atoms with E-state index in [0.29, 0.717) is 15.8 Å². The molecule has 0 amide bonds. The largest absolute Gasteiger partial charge is 0.497 e. The average molecular weight is 395 g/mol. The minimum absolute atomic E-state index is 0.131. The van der Waals surface area contributed by atoms with Gasteiger partial charge in [0.1, 0.15) is 17.3 Å². The van der Waals surface area contributed by atoms with Gasteiger partial charge in [-0.1, -0.05) is 35.6 Å². The van der Waals surface area contributed by atoms with Gasteiger partial charge in [-0.05, 0) is 41.5 Å². The summed E-state index contributed by atoms with van der Waals surface area (Å²) in [4.78, 5) is 29.2. The number of methoxy groups -OCH3 is 1. The van der Waals surface area contributed by atoms with Crippen LogP contribution in [0.1, 0.15) is 16.8 Å². The second-order valence-corrected chi connectivity index (χ2v) is 7.06. The van der Waals surface area contributed by atoms with Gasteiger partial charge in [0.05, 0.1) is 11.6 Å². The van der Waals surface area contributed by atoms with Crippen LogP contribution in [0.3, 0.4) is 0 Å². The van der Waals surface area contributed by atoms with Crippen LogP contribution >= 0.6 is 11.3 Å². The Hall–Kier alpha value is -3.39. The van der Waals surface area contributed by atoms with Crippen molar-refractivity contribution in [3.05, 3.63) is 96.4 Å². The van der Waals surface area contributed by atoms with Gasteiger partial charge in [-0.3, -0.25) is 9.59 Å². The molecule has 0 saturated carbocycles. The Balaban J connectivity index is 1.78. The summed E-state index contributed by atoms with van der Waals surface area (Å²) in [6.07, 6.45) is 1.87. The average Bonchev–Trinajstić information content (AvgIpc) is 2.98. The van der Waals surface area contributed by atoms with Crippen molar-refractivity contribution in [1.29, 1.82) is 0 Å². The maximum atomic E-state index is 13.1. The smallest absolute Gasteiger partial charge is 0.296 e. The summed E-state index contributed by atoms with van der Waals surface area (Å²) in [6.45, 7) is 0. The fourth-order valence-corrected chi connectivity index (χ4v) is 3.63. The Morgan fingerprint density at radius 2 is 1.96 bits per heavy atom. The third-order valence-corrected chi connectivity index (χ3v) is 5.09. The zero-order valence-corrected chi connectivity index (χ0v) is 15.6. The number of aromatic nitrogens is 3. The van der Waals surface area contributed by atoms with Crippen LogP contribution < -0.4 is 20.4 Å². The number of benzene rings is 2. The standard InChI is InChI=1S/C20H14FN3O3S/c1-27-15-4-2-3-13(9-15)11-17-19(26)24-20(28-17)22-18(25)16(23-24)10-12-5-7-14(21)8-6-12/h2-9,11H,10H2,1H3/b17-11-. The zero-order chi connectivity index (χ0) is 19.7. The molecule has 0 bridgehead atoms. The van der Waals surface area contributed by atoms with E-state index in [4.69, 9.17) is 4.74 Å². The van der Waals surface area contributed by atoms with E-state index in [1.54, 1.807) is 31.4 Å². The topological polar surface area (TPSA) is 73.6 Å². The molecule has 2 heterocycles. The second kappa shape index (κ2) is 7.32.